The molecule has 0 unspecified atom stereocenters. The largest absolute Gasteiger partial charge is 0.398 e. The number of rotatable bonds is 2. The zero-order chi connectivity index (χ0) is 16.0. The quantitative estimate of drug-likeness (QED) is 0.528. The third-order valence-electron chi connectivity index (χ3n) is 4.16. The van der Waals surface area contributed by atoms with Crippen molar-refractivity contribution >= 4 is 43.1 Å². The maximum Gasteiger partial charge on any atom is 0.0486 e. The predicted molar refractivity (Wildman–Crippen MR) is 104 cm³/mol. The van der Waals surface area contributed by atoms with E-state index >= 15 is 0 Å². The lowest BCUT2D eigenvalue weighted by Gasteiger charge is -2.28. The van der Waals surface area contributed by atoms with Gasteiger partial charge in [0.2, 0.25) is 0 Å². The Bertz CT molecular complexity index is 923. The van der Waals surface area contributed by atoms with E-state index in [4.69, 9.17) is 5.73 Å². The summed E-state index contributed by atoms with van der Waals surface area (Å²) >= 11 is 6.96. The lowest BCUT2D eigenvalue weighted by molar-refractivity contribution is 1.38. The Balaban J connectivity index is 1.82. The van der Waals surface area contributed by atoms with Gasteiger partial charge in [0.25, 0.3) is 0 Å². The number of halogens is 2. The first-order chi connectivity index (χ1) is 11.1. The van der Waals surface area contributed by atoms with Crippen LogP contribution in [0.1, 0.15) is 16.7 Å². The molecule has 4 rings (SSSR count). The standard InChI is InChI=1S/C20H13Br2N/c21-14-8-4-12(5-9-14)16-2-1-3-17-18(20(23)19(16)17)13-6-10-15(22)11-7-13/h1-11H,23H2. The van der Waals surface area contributed by atoms with Crippen LogP contribution < -0.4 is 5.73 Å². The van der Waals surface area contributed by atoms with Crippen molar-refractivity contribution in [1.82, 2.24) is 0 Å². The summed E-state index contributed by atoms with van der Waals surface area (Å²) in [7, 11) is 0. The van der Waals surface area contributed by atoms with Gasteiger partial charge in [0, 0.05) is 25.8 Å². The number of hydrogen-bond donors (Lipinski definition) is 1. The predicted octanol–water partition coefficient (Wildman–Crippen LogP) is 6.07. The zero-order valence-corrected chi connectivity index (χ0v) is 15.4. The third kappa shape index (κ3) is 2.44. The maximum absolute atomic E-state index is 6.43. The molecule has 0 atom stereocenters. The Labute approximate surface area is 152 Å². The molecule has 0 fully saturated rings. The highest BCUT2D eigenvalue weighted by atomic mass is 79.9. The highest BCUT2D eigenvalue weighted by Gasteiger charge is 2.27. The number of benzene rings is 3. The highest BCUT2D eigenvalue weighted by Crippen LogP contribution is 2.46. The second-order valence-electron chi connectivity index (χ2n) is 5.53. The van der Waals surface area contributed by atoms with Crippen LogP contribution in [0.25, 0.3) is 22.4 Å². The first kappa shape index (κ1) is 14.7. The van der Waals surface area contributed by atoms with Crippen LogP contribution in [-0.2, 0) is 0 Å². The van der Waals surface area contributed by atoms with Gasteiger partial charge in [-0.2, -0.15) is 0 Å². The molecule has 0 spiro atoms. The summed E-state index contributed by atoms with van der Waals surface area (Å²) in [5.41, 5.74) is 14.4. The Morgan fingerprint density at radius 2 is 1.13 bits per heavy atom. The van der Waals surface area contributed by atoms with E-state index in [1.807, 2.05) is 12.1 Å². The molecule has 0 radical (unpaired) electrons. The van der Waals surface area contributed by atoms with E-state index in [0.717, 1.165) is 31.3 Å². The van der Waals surface area contributed by atoms with Gasteiger partial charge in [-0.25, -0.2) is 0 Å². The van der Waals surface area contributed by atoms with Crippen LogP contribution in [0.4, 0.5) is 0 Å². The SMILES string of the molecule is NC1=C(c2ccc(Br)cc2)c2cccc(-c3ccc(Br)cc3)c21. The van der Waals surface area contributed by atoms with E-state index < -0.39 is 0 Å². The van der Waals surface area contributed by atoms with Crippen molar-refractivity contribution in [3.05, 3.63) is 92.4 Å². The Hall–Kier alpha value is -1.84. The molecule has 3 aromatic rings. The van der Waals surface area contributed by atoms with Crippen LogP contribution in [0.3, 0.4) is 0 Å². The lowest BCUT2D eigenvalue weighted by atomic mass is 9.77. The summed E-state index contributed by atoms with van der Waals surface area (Å²) in [6.45, 7) is 0. The summed E-state index contributed by atoms with van der Waals surface area (Å²) in [5, 5.41) is 0. The molecule has 1 aliphatic carbocycles. The van der Waals surface area contributed by atoms with Gasteiger partial charge >= 0.3 is 0 Å². The molecule has 0 saturated carbocycles. The van der Waals surface area contributed by atoms with Gasteiger partial charge in [0.05, 0.1) is 0 Å². The average molecular weight is 427 g/mol. The second kappa shape index (κ2) is 5.66. The minimum atomic E-state index is 0.876. The topological polar surface area (TPSA) is 26.0 Å². The third-order valence-corrected chi connectivity index (χ3v) is 5.22. The molecule has 0 aromatic heterocycles. The highest BCUT2D eigenvalue weighted by molar-refractivity contribution is 9.10. The molecule has 3 heteroatoms. The summed E-state index contributed by atoms with van der Waals surface area (Å²) in [5.74, 6) is 0. The van der Waals surface area contributed by atoms with Crippen molar-refractivity contribution < 1.29 is 0 Å². The van der Waals surface area contributed by atoms with E-state index in [-0.39, 0.29) is 0 Å². The minimum Gasteiger partial charge on any atom is -0.398 e. The van der Waals surface area contributed by atoms with Crippen molar-refractivity contribution in [2.24, 2.45) is 5.73 Å². The molecular weight excluding hydrogens is 414 g/mol. The molecular formula is C20H13Br2N. The minimum absolute atomic E-state index is 0.876. The summed E-state index contributed by atoms with van der Waals surface area (Å²) < 4.78 is 2.15. The normalized spacial score (nSPS) is 12.8. The number of nitrogens with two attached hydrogens (primary N) is 1. The van der Waals surface area contributed by atoms with Gasteiger partial charge in [-0.05, 0) is 46.5 Å². The van der Waals surface area contributed by atoms with Crippen LogP contribution >= 0.6 is 31.9 Å². The molecule has 3 aromatic carbocycles. The summed E-state index contributed by atoms with van der Waals surface area (Å²) in [6.07, 6.45) is 0. The summed E-state index contributed by atoms with van der Waals surface area (Å²) in [4.78, 5) is 0. The molecule has 2 N–H and O–H groups in total. The van der Waals surface area contributed by atoms with Crippen molar-refractivity contribution in [2.75, 3.05) is 0 Å². The summed E-state index contributed by atoms with van der Waals surface area (Å²) in [6, 6.07) is 23.0. The van der Waals surface area contributed by atoms with E-state index in [2.05, 4.69) is 86.5 Å². The zero-order valence-electron chi connectivity index (χ0n) is 12.2. The fourth-order valence-electron chi connectivity index (χ4n) is 3.06. The number of fused-ring (bicyclic) bond motifs is 1. The van der Waals surface area contributed by atoms with Crippen LogP contribution in [0, 0.1) is 0 Å². The first-order valence-electron chi connectivity index (χ1n) is 7.30. The molecule has 0 bridgehead atoms. The van der Waals surface area contributed by atoms with E-state index in [1.54, 1.807) is 0 Å². The van der Waals surface area contributed by atoms with Gasteiger partial charge in [-0.3, -0.25) is 0 Å². The van der Waals surface area contributed by atoms with Crippen molar-refractivity contribution in [3.63, 3.8) is 0 Å². The smallest absolute Gasteiger partial charge is 0.0486 e. The van der Waals surface area contributed by atoms with Crippen LogP contribution in [0.2, 0.25) is 0 Å². The van der Waals surface area contributed by atoms with Crippen LogP contribution in [0.5, 0.6) is 0 Å². The van der Waals surface area contributed by atoms with Gasteiger partial charge in [0.1, 0.15) is 0 Å². The monoisotopic (exact) mass is 425 g/mol. The molecule has 0 saturated heterocycles. The van der Waals surface area contributed by atoms with Crippen molar-refractivity contribution in [2.45, 2.75) is 0 Å². The fraction of sp³-hybridized carbons (Fsp3) is 0. The van der Waals surface area contributed by atoms with Gasteiger partial charge in [-0.15, -0.1) is 0 Å². The molecule has 0 aliphatic heterocycles. The fourth-order valence-corrected chi connectivity index (χ4v) is 3.58. The first-order valence-corrected chi connectivity index (χ1v) is 8.89. The van der Waals surface area contributed by atoms with E-state index in [0.29, 0.717) is 0 Å². The molecule has 1 aliphatic rings. The number of hydrogen-bond acceptors (Lipinski definition) is 1. The average Bonchev–Trinajstić information content (AvgIpc) is 2.56. The Kier molecular flexibility index (Phi) is 3.63. The van der Waals surface area contributed by atoms with Crippen molar-refractivity contribution in [3.8, 4) is 11.1 Å². The molecule has 23 heavy (non-hydrogen) atoms. The molecule has 1 nitrogen and oxygen atoms in total. The van der Waals surface area contributed by atoms with Crippen LogP contribution in [-0.4, -0.2) is 0 Å². The van der Waals surface area contributed by atoms with Gasteiger partial charge in [0.15, 0.2) is 0 Å². The van der Waals surface area contributed by atoms with E-state index in [1.165, 1.54) is 16.7 Å². The van der Waals surface area contributed by atoms with Crippen LogP contribution in [0.15, 0.2) is 75.7 Å². The molecule has 112 valence electrons. The second-order valence-corrected chi connectivity index (χ2v) is 7.36. The molecule has 0 heterocycles. The van der Waals surface area contributed by atoms with Crippen molar-refractivity contribution in [1.29, 1.82) is 0 Å². The van der Waals surface area contributed by atoms with Gasteiger partial charge < -0.3 is 5.73 Å². The Morgan fingerprint density at radius 1 is 0.609 bits per heavy atom. The maximum atomic E-state index is 6.43. The lowest BCUT2D eigenvalue weighted by Crippen LogP contribution is -2.15. The Morgan fingerprint density at radius 3 is 1.74 bits per heavy atom. The van der Waals surface area contributed by atoms with E-state index in [9.17, 15) is 0 Å². The van der Waals surface area contributed by atoms with Gasteiger partial charge in [-0.1, -0.05) is 74.3 Å². The molecule has 0 amide bonds.